The van der Waals surface area contributed by atoms with E-state index in [2.05, 4.69) is 58.1 Å². The Kier molecular flexibility index (Phi) is 12.1. The van der Waals surface area contributed by atoms with Gasteiger partial charge in [-0.05, 0) is 119 Å². The number of fused-ring (bicyclic) bond motifs is 1. The first-order valence-electron chi connectivity index (χ1n) is 19.1. The molecule has 2 aromatic heterocycles. The van der Waals surface area contributed by atoms with Crippen LogP contribution in [-0.4, -0.2) is 99.7 Å². The Morgan fingerprint density at radius 2 is 1.81 bits per heavy atom. The van der Waals surface area contributed by atoms with E-state index in [9.17, 15) is 19.5 Å². The third kappa shape index (κ3) is 9.47. The van der Waals surface area contributed by atoms with Crippen molar-refractivity contribution in [3.05, 3.63) is 76.8 Å². The van der Waals surface area contributed by atoms with Crippen LogP contribution in [0.5, 0.6) is 0 Å². The number of carboxylic acid groups (broad SMARTS) is 1. The van der Waals surface area contributed by atoms with Crippen LogP contribution in [0.1, 0.15) is 86.0 Å². The number of nitrogens with zero attached hydrogens (tertiary/aromatic N) is 6. The number of carbonyl (C=O) groups excluding carboxylic acids is 2. The summed E-state index contributed by atoms with van der Waals surface area (Å²) in [5, 5.41) is 18.3. The Hall–Kier alpha value is -4.51. The van der Waals surface area contributed by atoms with Gasteiger partial charge in [-0.1, -0.05) is 12.6 Å². The van der Waals surface area contributed by atoms with Crippen molar-refractivity contribution >= 4 is 29.2 Å². The number of carboxylic acids is 1. The van der Waals surface area contributed by atoms with Crippen LogP contribution in [0.3, 0.4) is 0 Å². The van der Waals surface area contributed by atoms with E-state index >= 15 is 0 Å². The standard InChI is InChI=1S/C41H55N7O4/c1-28(2)38(49)8-5-9-39(50)47-19-17-46(18-20-47)36-22-33(23-37(25-36)48-30(4)21-29(3)44-48)34(24-40(51)52)27-45-16-14-31(26-45)10-12-35-13-11-32-7-6-15-42-41(32)43-35/h11,13,21-23,25,31,34H,1,5-10,12,14-20,24,26-27H2,2-4H3,(H,42,43)(H,51,52)/t31-,34-/m1/s1. The van der Waals surface area contributed by atoms with Crippen molar-refractivity contribution in [2.75, 3.05) is 62.6 Å². The second kappa shape index (κ2) is 16.9. The highest BCUT2D eigenvalue weighted by Crippen LogP contribution is 2.32. The summed E-state index contributed by atoms with van der Waals surface area (Å²) in [6.07, 6.45) is 6.66. The Bertz CT molecular complexity index is 1780. The SMILES string of the molecule is C=C(C)C(=O)CCCC(=O)N1CCN(c2cc([C@H](CC(=O)O)CN3CC[C@@H](CCc4ccc5c(n4)NCCC5)C3)cc(-n3nc(C)cc3C)c2)CC1. The van der Waals surface area contributed by atoms with E-state index in [1.807, 2.05) is 23.4 Å². The minimum Gasteiger partial charge on any atom is -0.481 e. The molecule has 2 fully saturated rings. The van der Waals surface area contributed by atoms with E-state index in [4.69, 9.17) is 10.1 Å². The van der Waals surface area contributed by atoms with E-state index in [1.54, 1.807) is 6.92 Å². The Morgan fingerprint density at radius 3 is 2.54 bits per heavy atom. The quantitative estimate of drug-likeness (QED) is 0.191. The number of aryl methyl sites for hydroxylation is 4. The lowest BCUT2D eigenvalue weighted by Crippen LogP contribution is -2.48. The number of nitrogens with one attached hydrogen (secondary N) is 1. The maximum Gasteiger partial charge on any atom is 0.304 e. The van der Waals surface area contributed by atoms with E-state index in [0.29, 0.717) is 63.5 Å². The molecule has 2 N–H and O–H groups in total. The lowest BCUT2D eigenvalue weighted by atomic mass is 9.93. The van der Waals surface area contributed by atoms with Gasteiger partial charge in [-0.3, -0.25) is 14.4 Å². The molecule has 5 heterocycles. The molecular weight excluding hydrogens is 654 g/mol. The van der Waals surface area contributed by atoms with Gasteiger partial charge in [-0.15, -0.1) is 0 Å². The molecule has 3 aliphatic rings. The largest absolute Gasteiger partial charge is 0.481 e. The zero-order valence-electron chi connectivity index (χ0n) is 31.2. The second-order valence-corrected chi connectivity index (χ2v) is 15.1. The lowest BCUT2D eigenvalue weighted by Gasteiger charge is -2.37. The van der Waals surface area contributed by atoms with Crippen molar-refractivity contribution in [3.8, 4) is 5.69 Å². The van der Waals surface area contributed by atoms with Crippen LogP contribution in [0.15, 0.2) is 48.6 Å². The fourth-order valence-corrected chi connectivity index (χ4v) is 8.02. The predicted octanol–water partition coefficient (Wildman–Crippen LogP) is 5.72. The third-order valence-corrected chi connectivity index (χ3v) is 10.9. The van der Waals surface area contributed by atoms with Crippen LogP contribution in [-0.2, 0) is 27.2 Å². The normalized spacial score (nSPS) is 18.2. The van der Waals surface area contributed by atoms with Crippen LogP contribution < -0.4 is 10.2 Å². The molecule has 11 nitrogen and oxygen atoms in total. The average Bonchev–Trinajstić information content (AvgIpc) is 3.74. The van der Waals surface area contributed by atoms with E-state index in [0.717, 1.165) is 91.6 Å². The van der Waals surface area contributed by atoms with Crippen molar-refractivity contribution < 1.29 is 19.5 Å². The van der Waals surface area contributed by atoms with Gasteiger partial charge >= 0.3 is 5.97 Å². The molecular formula is C41H55N7O4. The summed E-state index contributed by atoms with van der Waals surface area (Å²) in [5.41, 5.74) is 7.86. The maximum absolute atomic E-state index is 13.0. The molecule has 0 aliphatic carbocycles. The number of aromatic nitrogens is 3. The van der Waals surface area contributed by atoms with Crippen molar-refractivity contribution in [2.24, 2.45) is 5.92 Å². The number of hydrogen-bond donors (Lipinski definition) is 2. The molecule has 0 unspecified atom stereocenters. The molecule has 6 rings (SSSR count). The average molecular weight is 710 g/mol. The number of pyridine rings is 1. The van der Waals surface area contributed by atoms with Gasteiger partial charge in [-0.25, -0.2) is 9.67 Å². The molecule has 1 aromatic carbocycles. The van der Waals surface area contributed by atoms with Gasteiger partial charge in [0.05, 0.1) is 17.8 Å². The first-order chi connectivity index (χ1) is 25.0. The Balaban J connectivity index is 1.14. The molecule has 0 radical (unpaired) electrons. The highest BCUT2D eigenvalue weighted by Gasteiger charge is 2.29. The molecule has 1 amide bonds. The van der Waals surface area contributed by atoms with Crippen molar-refractivity contribution in [3.63, 3.8) is 0 Å². The zero-order chi connectivity index (χ0) is 36.8. The number of rotatable bonds is 15. The summed E-state index contributed by atoms with van der Waals surface area (Å²) in [6.45, 7) is 15.5. The third-order valence-electron chi connectivity index (χ3n) is 10.9. The number of hydrogen-bond acceptors (Lipinski definition) is 8. The fraction of sp³-hybridized carbons (Fsp3) is 0.537. The van der Waals surface area contributed by atoms with E-state index in [1.165, 1.54) is 5.56 Å². The first-order valence-corrected chi connectivity index (χ1v) is 19.1. The maximum atomic E-state index is 13.0. The fourth-order valence-electron chi connectivity index (χ4n) is 8.02. The molecule has 3 aromatic rings. The predicted molar refractivity (Wildman–Crippen MR) is 204 cm³/mol. The van der Waals surface area contributed by atoms with Gasteiger partial charge in [0.2, 0.25) is 5.91 Å². The summed E-state index contributed by atoms with van der Waals surface area (Å²) in [5.74, 6) is 0.700. The number of carbonyl (C=O) groups is 3. The number of amides is 1. The number of ketones is 1. The summed E-state index contributed by atoms with van der Waals surface area (Å²) in [6, 6.07) is 12.9. The van der Waals surface area contributed by atoms with Gasteiger partial charge in [0.15, 0.2) is 5.78 Å². The number of allylic oxidation sites excluding steroid dienone is 1. The summed E-state index contributed by atoms with van der Waals surface area (Å²) in [7, 11) is 0. The van der Waals surface area contributed by atoms with Gasteiger partial charge in [0.25, 0.3) is 0 Å². The second-order valence-electron chi connectivity index (χ2n) is 15.1. The number of aliphatic carboxylic acids is 1. The minimum absolute atomic E-state index is 0.0120. The molecule has 2 atom stereocenters. The van der Waals surface area contributed by atoms with E-state index < -0.39 is 5.97 Å². The number of likely N-dealkylation sites (tertiary alicyclic amines) is 1. The van der Waals surface area contributed by atoms with Gasteiger partial charge in [0.1, 0.15) is 5.82 Å². The number of benzene rings is 1. The van der Waals surface area contributed by atoms with Gasteiger partial charge in [-0.2, -0.15) is 5.10 Å². The molecule has 11 heteroatoms. The number of piperazine rings is 1. The lowest BCUT2D eigenvalue weighted by molar-refractivity contribution is -0.137. The summed E-state index contributed by atoms with van der Waals surface area (Å²) < 4.78 is 1.95. The zero-order valence-corrected chi connectivity index (χ0v) is 31.2. The molecule has 3 aliphatic heterocycles. The van der Waals surface area contributed by atoms with Crippen LogP contribution >= 0.6 is 0 Å². The highest BCUT2D eigenvalue weighted by molar-refractivity contribution is 5.94. The smallest absolute Gasteiger partial charge is 0.304 e. The van der Waals surface area contributed by atoms with Crippen LogP contribution in [0, 0.1) is 19.8 Å². The highest BCUT2D eigenvalue weighted by atomic mass is 16.4. The summed E-state index contributed by atoms with van der Waals surface area (Å²) in [4.78, 5) is 48.7. The van der Waals surface area contributed by atoms with Gasteiger partial charge < -0.3 is 25.1 Å². The molecule has 2 saturated heterocycles. The molecule has 0 bridgehead atoms. The monoisotopic (exact) mass is 709 g/mol. The number of anilines is 2. The minimum atomic E-state index is -0.803. The molecule has 52 heavy (non-hydrogen) atoms. The van der Waals surface area contributed by atoms with Crippen molar-refractivity contribution in [1.29, 1.82) is 0 Å². The Labute approximate surface area is 308 Å². The summed E-state index contributed by atoms with van der Waals surface area (Å²) >= 11 is 0. The van der Waals surface area contributed by atoms with Crippen LogP contribution in [0.2, 0.25) is 0 Å². The van der Waals surface area contributed by atoms with E-state index in [-0.39, 0.29) is 24.0 Å². The first kappa shape index (κ1) is 37.3. The van der Waals surface area contributed by atoms with Crippen molar-refractivity contribution in [1.82, 2.24) is 24.6 Å². The molecule has 0 saturated carbocycles. The van der Waals surface area contributed by atoms with Crippen molar-refractivity contribution in [2.45, 2.75) is 84.5 Å². The number of Topliss-reactive ketones (excluding diaryl/α,β-unsaturated/α-hetero) is 1. The molecule has 0 spiro atoms. The molecule has 278 valence electrons. The van der Waals surface area contributed by atoms with Gasteiger partial charge in [0, 0.05) is 81.6 Å². The van der Waals surface area contributed by atoms with Crippen LogP contribution in [0.25, 0.3) is 5.69 Å². The van der Waals surface area contributed by atoms with Crippen LogP contribution in [0.4, 0.5) is 11.5 Å². The Morgan fingerprint density at radius 1 is 1.02 bits per heavy atom. The topological polar surface area (TPSA) is 124 Å².